The monoisotopic (exact) mass is 403 g/mol. The molecule has 3 heterocycles. The molecule has 138 valence electrons. The fourth-order valence-electron chi connectivity index (χ4n) is 3.44. The lowest BCUT2D eigenvalue weighted by Gasteiger charge is -2.16. The molecule has 5 aromatic rings. The van der Waals surface area contributed by atoms with Crippen LogP contribution in [0.1, 0.15) is 21.2 Å². The molecule has 0 atom stereocenters. The number of rotatable bonds is 3. The summed E-state index contributed by atoms with van der Waals surface area (Å²) < 4.78 is 3.62. The molecule has 0 radical (unpaired) electrons. The number of hydrogen-bond donors (Lipinski definition) is 0. The van der Waals surface area contributed by atoms with Crippen LogP contribution in [0.4, 0.5) is 0 Å². The predicted octanol–water partition coefficient (Wildman–Crippen LogP) is 5.64. The standard InChI is InChI=1S/C22H17N3OS2/c1-13-14-7-3-5-9-16(14)24-20(23-13)12-25(2)22(26)19-11-18-21(28-19)15-8-4-6-10-17(15)27-18/h3-11H,12H2,1-2H3. The van der Waals surface area contributed by atoms with Gasteiger partial charge in [0.25, 0.3) is 5.91 Å². The second-order valence-corrected chi connectivity index (χ2v) is 8.94. The third kappa shape index (κ3) is 2.85. The summed E-state index contributed by atoms with van der Waals surface area (Å²) in [7, 11) is 1.81. The Bertz CT molecular complexity index is 1350. The number of aromatic nitrogens is 2. The van der Waals surface area contributed by atoms with Gasteiger partial charge in [-0.1, -0.05) is 36.4 Å². The zero-order chi connectivity index (χ0) is 19.3. The molecule has 0 fully saturated rings. The summed E-state index contributed by atoms with van der Waals surface area (Å²) in [6.07, 6.45) is 0. The Morgan fingerprint density at radius 1 is 0.964 bits per heavy atom. The third-order valence-corrected chi connectivity index (χ3v) is 7.23. The number of carbonyl (C=O) groups is 1. The average Bonchev–Trinajstić information content (AvgIpc) is 3.25. The highest BCUT2D eigenvalue weighted by Crippen LogP contribution is 2.39. The molecule has 5 rings (SSSR count). The molecule has 6 heteroatoms. The van der Waals surface area contributed by atoms with Crippen molar-refractivity contribution in [2.75, 3.05) is 7.05 Å². The summed E-state index contributed by atoms with van der Waals surface area (Å²) in [5, 5.41) is 2.27. The Morgan fingerprint density at radius 2 is 1.71 bits per heavy atom. The van der Waals surface area contributed by atoms with Crippen molar-refractivity contribution >= 4 is 59.0 Å². The molecule has 0 aliphatic heterocycles. The van der Waals surface area contributed by atoms with Gasteiger partial charge in [-0.2, -0.15) is 0 Å². The van der Waals surface area contributed by atoms with E-state index >= 15 is 0 Å². The zero-order valence-corrected chi connectivity index (χ0v) is 17.1. The van der Waals surface area contributed by atoms with Crippen LogP contribution in [0.3, 0.4) is 0 Å². The smallest absolute Gasteiger partial charge is 0.264 e. The molecule has 0 saturated heterocycles. The van der Waals surface area contributed by atoms with Gasteiger partial charge in [-0.05, 0) is 25.1 Å². The number of nitrogens with zero attached hydrogens (tertiary/aromatic N) is 3. The molecular formula is C22H17N3OS2. The summed E-state index contributed by atoms with van der Waals surface area (Å²) in [6, 6.07) is 18.3. The Balaban J connectivity index is 1.44. The maximum atomic E-state index is 13.0. The van der Waals surface area contributed by atoms with Crippen molar-refractivity contribution < 1.29 is 4.79 Å². The number of benzene rings is 2. The number of aryl methyl sites for hydroxylation is 1. The summed E-state index contributed by atoms with van der Waals surface area (Å²) in [6.45, 7) is 2.37. The number of para-hydroxylation sites is 1. The van der Waals surface area contributed by atoms with Gasteiger partial charge in [0.05, 0.1) is 21.6 Å². The molecule has 4 nitrogen and oxygen atoms in total. The van der Waals surface area contributed by atoms with Crippen LogP contribution in [0.15, 0.2) is 54.6 Å². The molecule has 0 spiro atoms. The lowest BCUT2D eigenvalue weighted by Crippen LogP contribution is -2.26. The first-order valence-electron chi connectivity index (χ1n) is 8.99. The molecule has 0 aliphatic carbocycles. The van der Waals surface area contributed by atoms with E-state index in [4.69, 9.17) is 0 Å². The van der Waals surface area contributed by atoms with Crippen molar-refractivity contribution in [3.8, 4) is 0 Å². The first-order chi connectivity index (χ1) is 13.6. The SMILES string of the molecule is Cc1nc(CN(C)C(=O)c2cc3sc4ccccc4c3s2)nc2ccccc12. The molecule has 0 N–H and O–H groups in total. The normalized spacial score (nSPS) is 11.5. The first kappa shape index (κ1) is 17.3. The van der Waals surface area contributed by atoms with Gasteiger partial charge < -0.3 is 4.90 Å². The average molecular weight is 404 g/mol. The summed E-state index contributed by atoms with van der Waals surface area (Å²) in [4.78, 5) is 24.7. The Hall–Kier alpha value is -2.83. The second kappa shape index (κ2) is 6.65. The maximum Gasteiger partial charge on any atom is 0.264 e. The van der Waals surface area contributed by atoms with E-state index in [2.05, 4.69) is 22.1 Å². The van der Waals surface area contributed by atoms with Gasteiger partial charge >= 0.3 is 0 Å². The van der Waals surface area contributed by atoms with Crippen LogP contribution in [-0.4, -0.2) is 27.8 Å². The second-order valence-electron chi connectivity index (χ2n) is 6.81. The molecule has 0 unspecified atom stereocenters. The van der Waals surface area contributed by atoms with E-state index in [0.29, 0.717) is 12.4 Å². The molecule has 1 amide bonds. The maximum absolute atomic E-state index is 13.0. The van der Waals surface area contributed by atoms with Crippen LogP contribution >= 0.6 is 22.7 Å². The lowest BCUT2D eigenvalue weighted by atomic mass is 10.2. The van der Waals surface area contributed by atoms with Crippen LogP contribution in [0.2, 0.25) is 0 Å². The van der Waals surface area contributed by atoms with Gasteiger partial charge in [0.1, 0.15) is 5.82 Å². The van der Waals surface area contributed by atoms with E-state index in [0.717, 1.165) is 21.5 Å². The number of thiophene rings is 2. The fraction of sp³-hybridized carbons (Fsp3) is 0.136. The largest absolute Gasteiger partial charge is 0.333 e. The van der Waals surface area contributed by atoms with Crippen molar-refractivity contribution in [3.63, 3.8) is 0 Å². The molecular weight excluding hydrogens is 386 g/mol. The van der Waals surface area contributed by atoms with Crippen LogP contribution in [0, 0.1) is 6.92 Å². The lowest BCUT2D eigenvalue weighted by molar-refractivity contribution is 0.0786. The number of carbonyl (C=O) groups excluding carboxylic acids is 1. The van der Waals surface area contributed by atoms with E-state index in [-0.39, 0.29) is 5.91 Å². The minimum absolute atomic E-state index is 0.00638. The third-order valence-electron chi connectivity index (χ3n) is 4.83. The van der Waals surface area contributed by atoms with Gasteiger partial charge in [0.15, 0.2) is 0 Å². The summed E-state index contributed by atoms with van der Waals surface area (Å²) >= 11 is 3.30. The van der Waals surface area contributed by atoms with E-state index in [1.165, 1.54) is 19.5 Å². The van der Waals surface area contributed by atoms with Crippen molar-refractivity contribution in [1.29, 1.82) is 0 Å². The Kier molecular flexibility index (Phi) is 4.10. The molecule has 3 aromatic heterocycles. The van der Waals surface area contributed by atoms with Crippen LogP contribution in [0.5, 0.6) is 0 Å². The predicted molar refractivity (Wildman–Crippen MR) is 117 cm³/mol. The number of amides is 1. The Labute approximate surface area is 170 Å². The van der Waals surface area contributed by atoms with Crippen molar-refractivity contribution in [2.24, 2.45) is 0 Å². The number of fused-ring (bicyclic) bond motifs is 4. The van der Waals surface area contributed by atoms with Crippen LogP contribution in [0.25, 0.3) is 30.4 Å². The summed E-state index contributed by atoms with van der Waals surface area (Å²) in [5.74, 6) is 0.669. The molecule has 0 aliphatic rings. The zero-order valence-electron chi connectivity index (χ0n) is 15.5. The van der Waals surface area contributed by atoms with Gasteiger partial charge in [-0.25, -0.2) is 9.97 Å². The van der Waals surface area contributed by atoms with Crippen molar-refractivity contribution in [1.82, 2.24) is 14.9 Å². The van der Waals surface area contributed by atoms with E-state index < -0.39 is 0 Å². The Morgan fingerprint density at radius 3 is 2.57 bits per heavy atom. The van der Waals surface area contributed by atoms with E-state index in [9.17, 15) is 4.79 Å². The molecule has 0 saturated carbocycles. The minimum Gasteiger partial charge on any atom is -0.333 e. The quantitative estimate of drug-likeness (QED) is 0.392. The van der Waals surface area contributed by atoms with Crippen molar-refractivity contribution in [2.45, 2.75) is 13.5 Å². The minimum atomic E-state index is 0.00638. The van der Waals surface area contributed by atoms with Crippen molar-refractivity contribution in [3.05, 3.63) is 71.0 Å². The fourth-order valence-corrected chi connectivity index (χ4v) is 5.96. The highest BCUT2D eigenvalue weighted by atomic mass is 32.1. The van der Waals surface area contributed by atoms with E-state index in [1.54, 1.807) is 27.6 Å². The summed E-state index contributed by atoms with van der Waals surface area (Å²) in [5.41, 5.74) is 1.85. The highest BCUT2D eigenvalue weighted by Gasteiger charge is 2.19. The van der Waals surface area contributed by atoms with Gasteiger partial charge in [0.2, 0.25) is 0 Å². The first-order valence-corrected chi connectivity index (χ1v) is 10.6. The molecule has 0 bridgehead atoms. The molecule has 2 aromatic carbocycles. The van der Waals surface area contributed by atoms with Crippen LogP contribution in [-0.2, 0) is 6.54 Å². The van der Waals surface area contributed by atoms with Gasteiger partial charge in [-0.3, -0.25) is 4.79 Å². The number of hydrogen-bond acceptors (Lipinski definition) is 5. The van der Waals surface area contributed by atoms with Crippen LogP contribution < -0.4 is 0 Å². The van der Waals surface area contributed by atoms with Gasteiger partial charge in [0, 0.05) is 32.9 Å². The molecule has 28 heavy (non-hydrogen) atoms. The topological polar surface area (TPSA) is 46.1 Å². The van der Waals surface area contributed by atoms with E-state index in [1.807, 2.05) is 56.4 Å². The van der Waals surface area contributed by atoms with Gasteiger partial charge in [-0.15, -0.1) is 22.7 Å². The highest BCUT2D eigenvalue weighted by molar-refractivity contribution is 7.33.